The Morgan fingerprint density at radius 1 is 0.449 bits per heavy atom. The number of carbonyl (C=O) groups is 2. The number of allylic oxidation sites excluding steroid dienone is 4. The summed E-state index contributed by atoms with van der Waals surface area (Å²) in [6.45, 7) is 2.56. The van der Waals surface area contributed by atoms with Crippen LogP contribution < -0.4 is 0 Å². The molecule has 15 heteroatoms. The number of ether oxygens (including phenoxy) is 6. The average Bonchev–Trinajstić information content (AvgIpc) is 3.34. The molecule has 11 atom stereocenters. The minimum atomic E-state index is -1.77. The number of hydrogen-bond acceptors (Lipinski definition) is 15. The van der Waals surface area contributed by atoms with Crippen LogP contribution in [0.25, 0.3) is 0 Å². The summed E-state index contributed by atoms with van der Waals surface area (Å²) >= 11 is 0. The highest BCUT2D eigenvalue weighted by Crippen LogP contribution is 2.26. The molecule has 0 bridgehead atoms. The maximum absolute atomic E-state index is 13.0. The normalized spacial score (nSPS) is 25.7. The molecule has 2 aliphatic heterocycles. The van der Waals surface area contributed by atoms with Gasteiger partial charge in [-0.1, -0.05) is 179 Å². The minimum absolute atomic E-state index is 0.108. The summed E-state index contributed by atoms with van der Waals surface area (Å²) in [4.78, 5) is 25.7. The van der Waals surface area contributed by atoms with E-state index in [2.05, 4.69) is 38.2 Å². The van der Waals surface area contributed by atoms with Crippen molar-refractivity contribution in [2.75, 3.05) is 26.4 Å². The van der Waals surface area contributed by atoms with Gasteiger partial charge in [-0.3, -0.25) is 9.59 Å². The first-order chi connectivity index (χ1) is 33.5. The van der Waals surface area contributed by atoms with Gasteiger partial charge >= 0.3 is 11.9 Å². The second-order valence-corrected chi connectivity index (χ2v) is 19.4. The Balaban J connectivity index is 1.76. The number of hydrogen-bond donors (Lipinski definition) is 7. The number of unbranched alkanes of at least 4 members (excludes halogenated alkanes) is 25. The van der Waals surface area contributed by atoms with Crippen LogP contribution in [0.1, 0.15) is 213 Å². The maximum Gasteiger partial charge on any atom is 0.306 e. The van der Waals surface area contributed by atoms with Crippen molar-refractivity contribution in [2.24, 2.45) is 0 Å². The summed E-state index contributed by atoms with van der Waals surface area (Å²) in [6, 6.07) is 0. The van der Waals surface area contributed by atoms with E-state index in [0.717, 1.165) is 38.5 Å². The van der Waals surface area contributed by atoms with Crippen molar-refractivity contribution in [1.29, 1.82) is 0 Å². The first-order valence-corrected chi connectivity index (χ1v) is 27.4. The van der Waals surface area contributed by atoms with Gasteiger partial charge in [-0.05, 0) is 44.9 Å². The van der Waals surface area contributed by atoms with Crippen molar-refractivity contribution in [1.82, 2.24) is 0 Å². The molecule has 2 saturated heterocycles. The van der Waals surface area contributed by atoms with Crippen molar-refractivity contribution in [2.45, 2.75) is 280 Å². The summed E-state index contributed by atoms with van der Waals surface area (Å²) < 4.78 is 33.5. The molecule has 15 nitrogen and oxygen atoms in total. The van der Waals surface area contributed by atoms with E-state index in [4.69, 9.17) is 28.4 Å². The Hall–Kier alpha value is -2.02. The van der Waals surface area contributed by atoms with Gasteiger partial charge < -0.3 is 64.2 Å². The zero-order chi connectivity index (χ0) is 50.3. The van der Waals surface area contributed by atoms with Gasteiger partial charge in [-0.15, -0.1) is 0 Å². The lowest BCUT2D eigenvalue weighted by molar-refractivity contribution is -0.332. The van der Waals surface area contributed by atoms with Crippen LogP contribution in [0.5, 0.6) is 0 Å². The van der Waals surface area contributed by atoms with Gasteiger partial charge in [-0.2, -0.15) is 0 Å². The van der Waals surface area contributed by atoms with Crippen LogP contribution in [0.4, 0.5) is 0 Å². The molecule has 69 heavy (non-hydrogen) atoms. The smallest absolute Gasteiger partial charge is 0.306 e. The van der Waals surface area contributed by atoms with E-state index >= 15 is 0 Å². The second-order valence-electron chi connectivity index (χ2n) is 19.4. The van der Waals surface area contributed by atoms with Gasteiger partial charge in [0.25, 0.3) is 0 Å². The standard InChI is InChI=1S/C54H98O15/c1-3-5-7-9-11-13-15-16-17-18-19-20-21-22-23-24-25-26-27-29-31-33-35-37-46(57)67-42(39-64-45(56)36-34-32-30-28-14-12-10-8-6-4-2)40-65-53-52(63)50(61)48(59)44(69-53)41-66-54-51(62)49(60)47(58)43(38-55)68-54/h24-25,29,31,42-44,47-55,58-63H,3-23,26-28,30,32-41H2,1-2H3/b25-24+,31-29+/t42-,43+,44+,47-,48-,49?,50?,51?,52?,53+,54+/m1/s1. The number of carbonyl (C=O) groups excluding carboxylic acids is 2. The summed E-state index contributed by atoms with van der Waals surface area (Å²) in [7, 11) is 0. The monoisotopic (exact) mass is 987 g/mol. The highest BCUT2D eigenvalue weighted by Gasteiger charge is 2.47. The van der Waals surface area contributed by atoms with Crippen molar-refractivity contribution < 1.29 is 73.8 Å². The zero-order valence-electron chi connectivity index (χ0n) is 42.8. The summed E-state index contributed by atoms with van der Waals surface area (Å²) in [5, 5.41) is 72.1. The molecule has 2 heterocycles. The third-order valence-corrected chi connectivity index (χ3v) is 13.2. The number of aliphatic hydroxyl groups is 7. The number of rotatable bonds is 43. The zero-order valence-corrected chi connectivity index (χ0v) is 42.8. The minimum Gasteiger partial charge on any atom is -0.462 e. The molecule has 2 rings (SSSR count). The Morgan fingerprint density at radius 3 is 1.36 bits per heavy atom. The van der Waals surface area contributed by atoms with E-state index in [1.54, 1.807) is 0 Å². The maximum atomic E-state index is 13.0. The van der Waals surface area contributed by atoms with Crippen LogP contribution in [-0.4, -0.2) is 142 Å². The highest BCUT2D eigenvalue weighted by molar-refractivity contribution is 5.70. The van der Waals surface area contributed by atoms with E-state index in [-0.39, 0.29) is 19.4 Å². The molecule has 4 unspecified atom stereocenters. The fraction of sp³-hybridized carbons (Fsp3) is 0.889. The van der Waals surface area contributed by atoms with Crippen molar-refractivity contribution in [3.8, 4) is 0 Å². The summed E-state index contributed by atoms with van der Waals surface area (Å²) in [5.74, 6) is -0.969. The lowest BCUT2D eigenvalue weighted by Gasteiger charge is -2.42. The largest absolute Gasteiger partial charge is 0.462 e. The Bertz CT molecular complexity index is 1300. The van der Waals surface area contributed by atoms with Crippen LogP contribution in [0.2, 0.25) is 0 Å². The van der Waals surface area contributed by atoms with E-state index in [1.165, 1.54) is 128 Å². The molecule has 0 radical (unpaired) electrons. The predicted octanol–water partition coefficient (Wildman–Crippen LogP) is 8.33. The quantitative estimate of drug-likeness (QED) is 0.0173. The molecule has 2 aliphatic rings. The number of aliphatic hydroxyl groups excluding tert-OH is 7. The molecule has 0 aromatic heterocycles. The van der Waals surface area contributed by atoms with E-state index in [0.29, 0.717) is 19.3 Å². The molecular weight excluding hydrogens is 889 g/mol. The van der Waals surface area contributed by atoms with Gasteiger partial charge in [-0.25, -0.2) is 0 Å². The molecule has 7 N–H and O–H groups in total. The van der Waals surface area contributed by atoms with Crippen molar-refractivity contribution in [3.05, 3.63) is 24.3 Å². The van der Waals surface area contributed by atoms with E-state index in [1.807, 2.05) is 0 Å². The third kappa shape index (κ3) is 29.3. The Morgan fingerprint density at radius 2 is 0.855 bits per heavy atom. The molecule has 0 aromatic rings. The Labute approximate surface area is 415 Å². The van der Waals surface area contributed by atoms with E-state index in [9.17, 15) is 45.3 Å². The van der Waals surface area contributed by atoms with Crippen LogP contribution in [0.3, 0.4) is 0 Å². The molecule has 0 aromatic carbocycles. The highest BCUT2D eigenvalue weighted by atomic mass is 16.7. The number of esters is 2. The topological polar surface area (TPSA) is 231 Å². The lowest BCUT2D eigenvalue weighted by atomic mass is 9.98. The lowest BCUT2D eigenvalue weighted by Crippen LogP contribution is -2.61. The first kappa shape index (κ1) is 63.1. The van der Waals surface area contributed by atoms with Crippen LogP contribution in [0, 0.1) is 0 Å². The second kappa shape index (κ2) is 41.5. The van der Waals surface area contributed by atoms with E-state index < -0.39 is 99.3 Å². The molecule has 2 fully saturated rings. The molecule has 404 valence electrons. The first-order valence-electron chi connectivity index (χ1n) is 27.4. The summed E-state index contributed by atoms with van der Waals surface area (Å²) in [6.07, 6.45) is 26.6. The average molecular weight is 987 g/mol. The SMILES string of the molecule is CCCCCCCCCCCCCCCC/C=C/CC/C=C/CCCC(=O)O[C@H](COC(=O)CCCCCCCCCCCC)CO[C@H]1O[C@@H](CO[C@H]2O[C@@H](CO)[C@@H](O)C(O)C2O)[C@@H](O)C(O)C1O. The molecule has 0 spiro atoms. The molecule has 0 aliphatic carbocycles. The van der Waals surface area contributed by atoms with Gasteiger partial charge in [0.05, 0.1) is 19.8 Å². The van der Waals surface area contributed by atoms with Crippen molar-refractivity contribution in [3.63, 3.8) is 0 Å². The molecular formula is C54H98O15. The summed E-state index contributed by atoms with van der Waals surface area (Å²) in [5.41, 5.74) is 0. The van der Waals surface area contributed by atoms with Crippen LogP contribution in [-0.2, 0) is 38.0 Å². The third-order valence-electron chi connectivity index (χ3n) is 13.2. The van der Waals surface area contributed by atoms with Crippen LogP contribution in [0.15, 0.2) is 24.3 Å². The van der Waals surface area contributed by atoms with Crippen molar-refractivity contribution >= 4 is 11.9 Å². The van der Waals surface area contributed by atoms with Gasteiger partial charge in [0.2, 0.25) is 0 Å². The molecule has 0 saturated carbocycles. The fourth-order valence-corrected chi connectivity index (χ4v) is 8.65. The molecule has 0 amide bonds. The predicted molar refractivity (Wildman–Crippen MR) is 266 cm³/mol. The fourth-order valence-electron chi connectivity index (χ4n) is 8.65. The van der Waals surface area contributed by atoms with Gasteiger partial charge in [0, 0.05) is 12.8 Å². The van der Waals surface area contributed by atoms with Gasteiger partial charge in [0.1, 0.15) is 55.4 Å². The van der Waals surface area contributed by atoms with Gasteiger partial charge in [0.15, 0.2) is 18.7 Å². The van der Waals surface area contributed by atoms with Crippen LogP contribution >= 0.6 is 0 Å². The Kier molecular flexibility index (Phi) is 37.9.